The molecule has 2 heterocycles. The lowest BCUT2D eigenvalue weighted by molar-refractivity contribution is -0.117. The molecule has 1 unspecified atom stereocenters. The van der Waals surface area contributed by atoms with Crippen LogP contribution in [0.5, 0.6) is 0 Å². The Kier molecular flexibility index (Phi) is 3.24. The highest BCUT2D eigenvalue weighted by Crippen LogP contribution is 2.32. The molecule has 2 aliphatic heterocycles. The van der Waals surface area contributed by atoms with Crippen molar-refractivity contribution in [2.45, 2.75) is 6.42 Å². The molecule has 116 valence electrons. The molecule has 1 aromatic rings. The summed E-state index contributed by atoms with van der Waals surface area (Å²) in [6.45, 7) is -0.0140. The van der Waals surface area contributed by atoms with Gasteiger partial charge in [-0.2, -0.15) is 8.42 Å². The summed E-state index contributed by atoms with van der Waals surface area (Å²) in [7, 11) is -4.68. The fourth-order valence-corrected chi connectivity index (χ4v) is 3.62. The number of rotatable bonds is 3. The molecule has 2 aliphatic rings. The largest absolute Gasteiger partial charge is 0.311 e. The van der Waals surface area contributed by atoms with Gasteiger partial charge in [-0.25, -0.2) is 0 Å². The highest BCUT2D eigenvalue weighted by Gasteiger charge is 2.38. The Morgan fingerprint density at radius 1 is 1.23 bits per heavy atom. The second-order valence-corrected chi connectivity index (χ2v) is 6.67. The van der Waals surface area contributed by atoms with Crippen LogP contribution in [0.3, 0.4) is 0 Å². The SMILES string of the molecule is O=C1NC(=O)c2c1cccc2N1CC(CS(=O)(=O)F)CC1=O. The maximum atomic E-state index is 12.8. The third kappa shape index (κ3) is 2.47. The summed E-state index contributed by atoms with van der Waals surface area (Å²) < 4.78 is 34.2. The number of halogens is 1. The normalized spacial score (nSPS) is 21.2. The third-order valence-electron chi connectivity index (χ3n) is 3.67. The first-order chi connectivity index (χ1) is 10.3. The number of nitrogens with one attached hydrogen (secondary N) is 1. The Morgan fingerprint density at radius 2 is 1.95 bits per heavy atom. The van der Waals surface area contributed by atoms with Crippen molar-refractivity contribution in [1.82, 2.24) is 5.32 Å². The summed E-state index contributed by atoms with van der Waals surface area (Å²) in [6, 6.07) is 4.49. The predicted molar refractivity (Wildman–Crippen MR) is 73.6 cm³/mol. The number of nitrogens with zero attached hydrogens (tertiary/aromatic N) is 1. The van der Waals surface area contributed by atoms with E-state index < -0.39 is 39.6 Å². The molecule has 1 N–H and O–H groups in total. The zero-order chi connectivity index (χ0) is 16.1. The number of fused-ring (bicyclic) bond motifs is 1. The molecule has 3 amide bonds. The number of benzene rings is 1. The van der Waals surface area contributed by atoms with E-state index in [1.54, 1.807) is 0 Å². The Hall–Kier alpha value is -2.29. The van der Waals surface area contributed by atoms with Gasteiger partial charge in [-0.15, -0.1) is 3.89 Å². The second-order valence-electron chi connectivity index (χ2n) is 5.26. The summed E-state index contributed by atoms with van der Waals surface area (Å²) in [6.07, 6.45) is -0.123. The van der Waals surface area contributed by atoms with E-state index in [1.807, 2.05) is 0 Å². The highest BCUT2D eigenvalue weighted by atomic mass is 32.3. The van der Waals surface area contributed by atoms with E-state index in [1.165, 1.54) is 23.1 Å². The molecule has 0 bridgehead atoms. The molecule has 0 aliphatic carbocycles. The maximum absolute atomic E-state index is 12.8. The lowest BCUT2D eigenvalue weighted by Crippen LogP contribution is -2.28. The number of hydrogen-bond donors (Lipinski definition) is 1. The quantitative estimate of drug-likeness (QED) is 0.633. The molecule has 0 aromatic heterocycles. The van der Waals surface area contributed by atoms with E-state index in [0.29, 0.717) is 0 Å². The van der Waals surface area contributed by atoms with Gasteiger partial charge in [-0.05, 0) is 12.1 Å². The summed E-state index contributed by atoms with van der Waals surface area (Å²) in [5.41, 5.74) is 0.492. The average Bonchev–Trinajstić information content (AvgIpc) is 2.89. The number of amides is 3. The minimum atomic E-state index is -4.68. The fourth-order valence-electron chi connectivity index (χ4n) is 2.83. The van der Waals surface area contributed by atoms with E-state index in [4.69, 9.17) is 0 Å². The first-order valence-electron chi connectivity index (χ1n) is 6.47. The van der Waals surface area contributed by atoms with Crippen molar-refractivity contribution in [2.24, 2.45) is 5.92 Å². The van der Waals surface area contributed by atoms with E-state index in [-0.39, 0.29) is 29.8 Å². The van der Waals surface area contributed by atoms with E-state index in [9.17, 15) is 26.7 Å². The van der Waals surface area contributed by atoms with Crippen LogP contribution in [0.2, 0.25) is 0 Å². The van der Waals surface area contributed by atoms with Gasteiger partial charge in [0.05, 0.1) is 22.6 Å². The summed E-state index contributed by atoms with van der Waals surface area (Å²) in [5.74, 6) is -2.98. The Balaban J connectivity index is 1.95. The van der Waals surface area contributed by atoms with Crippen LogP contribution < -0.4 is 10.2 Å². The molecular formula is C13H11FN2O5S. The van der Waals surface area contributed by atoms with Gasteiger partial charge in [0.25, 0.3) is 11.8 Å². The minimum absolute atomic E-state index is 0.0140. The Labute approximate surface area is 125 Å². The second kappa shape index (κ2) is 4.87. The monoisotopic (exact) mass is 326 g/mol. The van der Waals surface area contributed by atoms with E-state index in [0.717, 1.165) is 0 Å². The van der Waals surface area contributed by atoms with Crippen molar-refractivity contribution in [2.75, 3.05) is 17.2 Å². The molecule has 1 atom stereocenters. The molecule has 0 radical (unpaired) electrons. The van der Waals surface area contributed by atoms with Crippen LogP contribution in [-0.2, 0) is 15.0 Å². The molecule has 9 heteroatoms. The lowest BCUT2D eigenvalue weighted by atomic mass is 10.1. The highest BCUT2D eigenvalue weighted by molar-refractivity contribution is 7.86. The van der Waals surface area contributed by atoms with Crippen molar-refractivity contribution >= 4 is 33.6 Å². The van der Waals surface area contributed by atoms with Gasteiger partial charge >= 0.3 is 10.2 Å². The predicted octanol–water partition coefficient (Wildman–Crippen LogP) is 0.222. The van der Waals surface area contributed by atoms with Crippen molar-refractivity contribution in [3.05, 3.63) is 29.3 Å². The number of carbonyl (C=O) groups excluding carboxylic acids is 3. The molecule has 7 nitrogen and oxygen atoms in total. The minimum Gasteiger partial charge on any atom is -0.311 e. The van der Waals surface area contributed by atoms with Crippen molar-refractivity contribution in [3.63, 3.8) is 0 Å². The summed E-state index contributed by atoms with van der Waals surface area (Å²) in [4.78, 5) is 36.7. The number of anilines is 1. The summed E-state index contributed by atoms with van der Waals surface area (Å²) >= 11 is 0. The lowest BCUT2D eigenvalue weighted by Gasteiger charge is -2.18. The van der Waals surface area contributed by atoms with Crippen molar-refractivity contribution < 1.29 is 26.7 Å². The van der Waals surface area contributed by atoms with Crippen molar-refractivity contribution in [3.8, 4) is 0 Å². The molecule has 22 heavy (non-hydrogen) atoms. The van der Waals surface area contributed by atoms with Gasteiger partial charge in [0.1, 0.15) is 0 Å². The molecular weight excluding hydrogens is 315 g/mol. The van der Waals surface area contributed by atoms with E-state index in [2.05, 4.69) is 5.32 Å². The number of carbonyl (C=O) groups is 3. The van der Waals surface area contributed by atoms with Gasteiger partial charge < -0.3 is 4.90 Å². The van der Waals surface area contributed by atoms with Crippen LogP contribution in [0.1, 0.15) is 27.1 Å². The molecule has 3 rings (SSSR count). The topological polar surface area (TPSA) is 101 Å². The first kappa shape index (κ1) is 14.6. The molecule has 0 saturated carbocycles. The van der Waals surface area contributed by atoms with Crippen LogP contribution in [-0.4, -0.2) is 38.4 Å². The Morgan fingerprint density at radius 3 is 2.64 bits per heavy atom. The van der Waals surface area contributed by atoms with Gasteiger partial charge in [0, 0.05) is 18.9 Å². The zero-order valence-electron chi connectivity index (χ0n) is 11.2. The van der Waals surface area contributed by atoms with Crippen LogP contribution in [0, 0.1) is 5.92 Å². The maximum Gasteiger partial charge on any atom is 0.302 e. The Bertz CT molecular complexity index is 805. The zero-order valence-corrected chi connectivity index (χ0v) is 12.0. The van der Waals surface area contributed by atoms with Gasteiger partial charge in [-0.3, -0.25) is 19.7 Å². The van der Waals surface area contributed by atoms with Crippen LogP contribution >= 0.6 is 0 Å². The van der Waals surface area contributed by atoms with Gasteiger partial charge in [0.2, 0.25) is 5.91 Å². The molecule has 1 aromatic carbocycles. The van der Waals surface area contributed by atoms with Crippen LogP contribution in [0.25, 0.3) is 0 Å². The van der Waals surface area contributed by atoms with E-state index >= 15 is 0 Å². The van der Waals surface area contributed by atoms with Crippen molar-refractivity contribution in [1.29, 1.82) is 0 Å². The smallest absolute Gasteiger partial charge is 0.302 e. The third-order valence-corrected chi connectivity index (χ3v) is 4.54. The fraction of sp³-hybridized carbons (Fsp3) is 0.308. The molecule has 1 saturated heterocycles. The average molecular weight is 326 g/mol. The van der Waals surface area contributed by atoms with Crippen LogP contribution in [0.4, 0.5) is 9.57 Å². The first-order valence-corrected chi connectivity index (χ1v) is 8.03. The van der Waals surface area contributed by atoms with Gasteiger partial charge in [-0.1, -0.05) is 6.07 Å². The van der Waals surface area contributed by atoms with Crippen LogP contribution in [0.15, 0.2) is 18.2 Å². The molecule has 1 fully saturated rings. The van der Waals surface area contributed by atoms with Gasteiger partial charge in [0.15, 0.2) is 0 Å². The summed E-state index contributed by atoms with van der Waals surface area (Å²) in [5, 5.41) is 2.14. The number of hydrogen-bond acceptors (Lipinski definition) is 5. The number of imide groups is 1. The standard InChI is InChI=1S/C13H11FN2O5S/c14-22(20,21)6-7-4-10(17)16(5-7)9-3-1-2-8-11(9)13(19)15-12(8)18/h1-3,7H,4-6H2,(H,15,18,19). The molecule has 0 spiro atoms.